The third kappa shape index (κ3) is 6.19. The fourth-order valence-corrected chi connectivity index (χ4v) is 6.65. The second-order valence-corrected chi connectivity index (χ2v) is 12.1. The zero-order valence-electron chi connectivity index (χ0n) is 23.1. The quantitative estimate of drug-likeness (QED) is 0.324. The number of halogens is 1. The number of carbonyl (C=O) groups excluding carboxylic acids is 1. The van der Waals surface area contributed by atoms with Crippen molar-refractivity contribution in [3.05, 3.63) is 72.6 Å². The molecule has 0 aliphatic carbocycles. The topological polar surface area (TPSA) is 120 Å². The maximum Gasteiger partial charge on any atom is 0.246 e. The lowest BCUT2D eigenvalue weighted by atomic mass is 10.0. The van der Waals surface area contributed by atoms with Gasteiger partial charge in [-0.15, -0.1) is 0 Å². The van der Waals surface area contributed by atoms with Crippen molar-refractivity contribution >= 4 is 38.3 Å². The van der Waals surface area contributed by atoms with E-state index in [4.69, 9.17) is 0 Å². The monoisotopic (exact) mass is 577 g/mol. The molecule has 1 fully saturated rings. The summed E-state index contributed by atoms with van der Waals surface area (Å²) in [6, 6.07) is 12.2. The number of aromatic nitrogens is 3. The van der Waals surface area contributed by atoms with Crippen LogP contribution in [0.4, 0.5) is 15.9 Å². The molecular formula is C29H32FN7O3S. The van der Waals surface area contributed by atoms with Crippen molar-refractivity contribution in [3.63, 3.8) is 0 Å². The molecule has 2 aromatic heterocycles. The molecule has 0 saturated carbocycles. The molecule has 2 N–H and O–H groups in total. The van der Waals surface area contributed by atoms with Gasteiger partial charge in [-0.25, -0.2) is 22.8 Å². The summed E-state index contributed by atoms with van der Waals surface area (Å²) in [6.45, 7) is 7.16. The highest BCUT2D eigenvalue weighted by Crippen LogP contribution is 2.30. The normalized spacial score (nSPS) is 15.5. The Kier molecular flexibility index (Phi) is 8.25. The summed E-state index contributed by atoms with van der Waals surface area (Å²) >= 11 is 0. The number of aryl methyl sites for hydroxylation is 1. The lowest BCUT2D eigenvalue weighted by Gasteiger charge is -2.35. The number of carbonyl (C=O) groups is 1. The highest BCUT2D eigenvalue weighted by Gasteiger charge is 2.31. The predicted molar refractivity (Wildman–Crippen MR) is 156 cm³/mol. The average Bonchev–Trinajstić information content (AvgIpc) is 2.95. The van der Waals surface area contributed by atoms with Gasteiger partial charge in [-0.05, 0) is 43.7 Å². The smallest absolute Gasteiger partial charge is 0.246 e. The summed E-state index contributed by atoms with van der Waals surface area (Å²) in [7, 11) is -4.03. The van der Waals surface area contributed by atoms with Crippen LogP contribution < -0.4 is 10.6 Å². The number of piperazine rings is 1. The van der Waals surface area contributed by atoms with Gasteiger partial charge in [-0.1, -0.05) is 18.2 Å². The molecule has 1 aliphatic heterocycles. The second-order valence-electron chi connectivity index (χ2n) is 10.2. The number of rotatable bonds is 8. The molecule has 2 aromatic carbocycles. The maximum absolute atomic E-state index is 14.8. The molecular weight excluding hydrogens is 545 g/mol. The van der Waals surface area contributed by atoms with Gasteiger partial charge in [0.2, 0.25) is 15.9 Å². The Labute approximate surface area is 238 Å². The van der Waals surface area contributed by atoms with Crippen LogP contribution in [-0.2, 0) is 14.8 Å². The van der Waals surface area contributed by atoms with Gasteiger partial charge >= 0.3 is 0 Å². The van der Waals surface area contributed by atoms with Crippen LogP contribution in [-0.4, -0.2) is 77.2 Å². The minimum atomic E-state index is -4.03. The van der Waals surface area contributed by atoms with Crippen molar-refractivity contribution in [2.45, 2.75) is 31.7 Å². The fraction of sp³-hybridized carbons (Fsp3) is 0.310. The number of fused-ring (bicyclic) bond motifs is 1. The zero-order valence-corrected chi connectivity index (χ0v) is 23.9. The van der Waals surface area contributed by atoms with Gasteiger partial charge in [0.15, 0.2) is 0 Å². The number of anilines is 2. The standard InChI is InChI=1S/C29H32FN7O3S/c1-19-14-27(25(30)15-26(19)35-21(3)38)41(39,40)37-12-10-36(11-13-37)17-20(2)34-29-24-8-4-7-23(28(24)32-18-33-29)22-6-5-9-31-16-22/h4-9,14-16,18,20H,10-13,17H2,1-3H3,(H,35,38)(H,32,33,34). The van der Waals surface area contributed by atoms with E-state index in [9.17, 15) is 17.6 Å². The molecule has 214 valence electrons. The van der Waals surface area contributed by atoms with Crippen LogP contribution in [0.25, 0.3) is 22.0 Å². The molecule has 4 aromatic rings. The Morgan fingerprint density at radius 3 is 2.59 bits per heavy atom. The lowest BCUT2D eigenvalue weighted by molar-refractivity contribution is -0.114. The Bertz CT molecular complexity index is 1680. The Balaban J connectivity index is 1.23. The number of pyridine rings is 1. The first-order valence-electron chi connectivity index (χ1n) is 13.3. The van der Waals surface area contributed by atoms with E-state index in [1.54, 1.807) is 19.4 Å². The van der Waals surface area contributed by atoms with Gasteiger partial charge in [-0.2, -0.15) is 4.31 Å². The van der Waals surface area contributed by atoms with Crippen molar-refractivity contribution in [3.8, 4) is 11.1 Å². The summed E-state index contributed by atoms with van der Waals surface area (Å²) in [5.41, 5.74) is 3.51. The number of nitrogens with one attached hydrogen (secondary N) is 2. The van der Waals surface area contributed by atoms with Crippen LogP contribution in [0.2, 0.25) is 0 Å². The molecule has 0 bridgehead atoms. The zero-order chi connectivity index (χ0) is 29.1. The number of nitrogens with zero attached hydrogens (tertiary/aromatic N) is 5. The van der Waals surface area contributed by atoms with E-state index in [1.165, 1.54) is 17.3 Å². The van der Waals surface area contributed by atoms with Crippen LogP contribution in [0.15, 0.2) is 66.1 Å². The van der Waals surface area contributed by atoms with E-state index in [1.807, 2.05) is 36.5 Å². The van der Waals surface area contributed by atoms with Gasteiger partial charge in [0.05, 0.1) is 5.52 Å². The van der Waals surface area contributed by atoms with Crippen molar-refractivity contribution < 1.29 is 17.6 Å². The number of amides is 1. The van der Waals surface area contributed by atoms with Gasteiger partial charge in [0, 0.05) is 80.3 Å². The van der Waals surface area contributed by atoms with Crippen molar-refractivity contribution in [2.75, 3.05) is 43.4 Å². The molecule has 1 aliphatic rings. The van der Waals surface area contributed by atoms with Crippen LogP contribution in [0.1, 0.15) is 19.4 Å². The number of hydrogen-bond acceptors (Lipinski definition) is 8. The van der Waals surface area contributed by atoms with Crippen molar-refractivity contribution in [2.24, 2.45) is 0 Å². The van der Waals surface area contributed by atoms with Crippen molar-refractivity contribution in [1.29, 1.82) is 0 Å². The van der Waals surface area contributed by atoms with Crippen LogP contribution >= 0.6 is 0 Å². The molecule has 12 heteroatoms. The fourth-order valence-electron chi connectivity index (χ4n) is 5.09. The lowest BCUT2D eigenvalue weighted by Crippen LogP contribution is -2.50. The Morgan fingerprint density at radius 1 is 1.10 bits per heavy atom. The summed E-state index contributed by atoms with van der Waals surface area (Å²) in [5, 5.41) is 6.92. The minimum absolute atomic E-state index is 0.0136. The molecule has 3 heterocycles. The molecule has 1 unspecified atom stereocenters. The molecule has 1 amide bonds. The number of hydrogen-bond donors (Lipinski definition) is 2. The summed E-state index contributed by atoms with van der Waals surface area (Å²) < 4.78 is 42.7. The second kappa shape index (κ2) is 11.9. The molecule has 0 spiro atoms. The van der Waals surface area contributed by atoms with E-state index >= 15 is 0 Å². The van der Waals surface area contributed by atoms with Gasteiger partial charge < -0.3 is 10.6 Å². The average molecular weight is 578 g/mol. The first kappa shape index (κ1) is 28.5. The number of sulfonamides is 1. The van der Waals surface area contributed by atoms with E-state index in [0.717, 1.165) is 33.9 Å². The highest BCUT2D eigenvalue weighted by atomic mass is 32.2. The summed E-state index contributed by atoms with van der Waals surface area (Å²) in [5.74, 6) is -0.517. The van der Waals surface area contributed by atoms with Crippen LogP contribution in [0.5, 0.6) is 0 Å². The third-order valence-corrected chi connectivity index (χ3v) is 9.00. The number of benzene rings is 2. The molecule has 1 atom stereocenters. The van der Waals surface area contributed by atoms with Gasteiger partial charge in [0.25, 0.3) is 0 Å². The first-order chi connectivity index (χ1) is 19.6. The summed E-state index contributed by atoms with van der Waals surface area (Å²) in [6.07, 6.45) is 5.09. The van der Waals surface area contributed by atoms with E-state index < -0.39 is 15.8 Å². The van der Waals surface area contributed by atoms with Crippen molar-refractivity contribution in [1.82, 2.24) is 24.2 Å². The van der Waals surface area contributed by atoms with Crippen LogP contribution in [0, 0.1) is 12.7 Å². The largest absolute Gasteiger partial charge is 0.366 e. The Morgan fingerprint density at radius 2 is 1.88 bits per heavy atom. The molecule has 0 radical (unpaired) electrons. The first-order valence-corrected chi connectivity index (χ1v) is 14.8. The van der Waals surface area contributed by atoms with E-state index in [0.29, 0.717) is 25.2 Å². The SMILES string of the molecule is CC(=O)Nc1cc(F)c(S(=O)(=O)N2CCN(CC(C)Nc3ncnc4c(-c5cccnc5)cccc34)CC2)cc1C. The van der Waals surface area contributed by atoms with Gasteiger partial charge in [0.1, 0.15) is 22.9 Å². The molecule has 1 saturated heterocycles. The molecule has 5 rings (SSSR count). The van der Waals surface area contributed by atoms with Crippen LogP contribution in [0.3, 0.4) is 0 Å². The third-order valence-electron chi connectivity index (χ3n) is 7.09. The predicted octanol–water partition coefficient (Wildman–Crippen LogP) is 3.90. The molecule has 10 nitrogen and oxygen atoms in total. The van der Waals surface area contributed by atoms with E-state index in [-0.39, 0.29) is 35.6 Å². The van der Waals surface area contributed by atoms with Gasteiger partial charge in [-0.3, -0.25) is 14.7 Å². The molecule has 41 heavy (non-hydrogen) atoms. The summed E-state index contributed by atoms with van der Waals surface area (Å²) in [4.78, 5) is 26.4. The number of para-hydroxylation sites is 1. The minimum Gasteiger partial charge on any atom is -0.366 e. The maximum atomic E-state index is 14.8. The highest BCUT2D eigenvalue weighted by molar-refractivity contribution is 7.89. The Hall–Kier alpha value is -4.00. The van der Waals surface area contributed by atoms with E-state index in [2.05, 4.69) is 37.4 Å².